The van der Waals surface area contributed by atoms with Gasteiger partial charge in [0.1, 0.15) is 0 Å². The van der Waals surface area contributed by atoms with Gasteiger partial charge in [-0.3, -0.25) is 4.79 Å². The van der Waals surface area contributed by atoms with Gasteiger partial charge in [-0.1, -0.05) is 25.3 Å². The van der Waals surface area contributed by atoms with Crippen LogP contribution in [-0.4, -0.2) is 26.4 Å². The molecule has 23 heavy (non-hydrogen) atoms. The van der Waals surface area contributed by atoms with Crippen molar-refractivity contribution in [3.63, 3.8) is 0 Å². The molecule has 1 amide bonds. The van der Waals surface area contributed by atoms with E-state index in [9.17, 15) is 13.2 Å². The molecule has 0 unspecified atom stereocenters. The minimum Gasteiger partial charge on any atom is -0.349 e. The normalized spacial score (nSPS) is 19.5. The van der Waals surface area contributed by atoms with Crippen LogP contribution in [0.5, 0.6) is 0 Å². The third kappa shape index (κ3) is 4.12. The fourth-order valence-electron chi connectivity index (χ4n) is 3.01. The van der Waals surface area contributed by atoms with Gasteiger partial charge in [-0.15, -0.1) is 0 Å². The molecule has 1 aromatic rings. The largest absolute Gasteiger partial charge is 0.349 e. The Hall–Kier alpha value is -1.40. The summed E-state index contributed by atoms with van der Waals surface area (Å²) in [7, 11) is -3.53. The number of amides is 1. The van der Waals surface area contributed by atoms with Crippen LogP contribution in [0, 0.1) is 6.92 Å². The highest BCUT2D eigenvalue weighted by atomic mass is 32.2. The summed E-state index contributed by atoms with van der Waals surface area (Å²) >= 11 is 0. The molecule has 0 aromatic heterocycles. The van der Waals surface area contributed by atoms with Crippen LogP contribution in [0.2, 0.25) is 0 Å². The minimum absolute atomic E-state index is 0.0563. The zero-order chi connectivity index (χ0) is 16.4. The third-order valence-electron chi connectivity index (χ3n) is 4.60. The van der Waals surface area contributed by atoms with E-state index in [1.54, 1.807) is 12.1 Å². The van der Waals surface area contributed by atoms with Crippen molar-refractivity contribution in [3.05, 3.63) is 29.3 Å². The molecule has 2 saturated carbocycles. The second kappa shape index (κ2) is 6.61. The lowest BCUT2D eigenvalue weighted by Gasteiger charge is -2.23. The first kappa shape index (κ1) is 16.5. The predicted molar refractivity (Wildman–Crippen MR) is 88.9 cm³/mol. The Morgan fingerprint density at radius 1 is 1.04 bits per heavy atom. The Bertz CT molecular complexity index is 690. The molecule has 3 rings (SSSR count). The molecular weight excluding hydrogens is 312 g/mol. The second-order valence-electron chi connectivity index (χ2n) is 6.68. The fourth-order valence-corrected chi connectivity index (χ4v) is 4.34. The number of rotatable bonds is 5. The molecule has 0 saturated heterocycles. The summed E-state index contributed by atoms with van der Waals surface area (Å²) in [5.41, 5.74) is 1.25. The summed E-state index contributed by atoms with van der Waals surface area (Å²) in [6, 6.07) is 5.04. The maximum atomic E-state index is 12.5. The molecule has 1 aromatic carbocycles. The average Bonchev–Trinajstić information content (AvgIpc) is 3.31. The molecule has 0 atom stereocenters. The molecular formula is C17H24N2O3S. The summed E-state index contributed by atoms with van der Waals surface area (Å²) in [6.45, 7) is 1.83. The monoisotopic (exact) mass is 336 g/mol. The number of sulfonamides is 1. The Kier molecular flexibility index (Phi) is 4.73. The molecule has 0 spiro atoms. The average molecular weight is 336 g/mol. The highest BCUT2D eigenvalue weighted by Gasteiger charge is 2.28. The van der Waals surface area contributed by atoms with Crippen LogP contribution < -0.4 is 10.0 Å². The van der Waals surface area contributed by atoms with Gasteiger partial charge in [0.15, 0.2) is 0 Å². The number of hydrogen-bond acceptors (Lipinski definition) is 3. The second-order valence-corrected chi connectivity index (χ2v) is 8.39. The summed E-state index contributed by atoms with van der Waals surface area (Å²) in [5, 5.41) is 3.05. The summed E-state index contributed by atoms with van der Waals surface area (Å²) in [6.07, 6.45) is 7.30. The molecule has 2 fully saturated rings. The number of nitrogens with one attached hydrogen (secondary N) is 2. The zero-order valence-electron chi connectivity index (χ0n) is 13.5. The van der Waals surface area contributed by atoms with Gasteiger partial charge in [0.05, 0.1) is 4.90 Å². The van der Waals surface area contributed by atoms with E-state index in [1.165, 1.54) is 12.5 Å². The van der Waals surface area contributed by atoms with Gasteiger partial charge < -0.3 is 5.32 Å². The van der Waals surface area contributed by atoms with Crippen LogP contribution in [-0.2, 0) is 10.0 Å². The van der Waals surface area contributed by atoms with Crippen molar-refractivity contribution >= 4 is 15.9 Å². The quantitative estimate of drug-likeness (QED) is 0.867. The van der Waals surface area contributed by atoms with Gasteiger partial charge in [-0.2, -0.15) is 0 Å². The van der Waals surface area contributed by atoms with Crippen LogP contribution in [0.4, 0.5) is 0 Å². The molecule has 0 heterocycles. The predicted octanol–water partition coefficient (Wildman–Crippen LogP) is 2.50. The minimum atomic E-state index is -3.53. The van der Waals surface area contributed by atoms with E-state index in [0.717, 1.165) is 44.1 Å². The van der Waals surface area contributed by atoms with Gasteiger partial charge in [0, 0.05) is 17.6 Å². The van der Waals surface area contributed by atoms with Crippen LogP contribution in [0.1, 0.15) is 60.9 Å². The molecule has 2 aliphatic rings. The molecule has 0 bridgehead atoms. The smallest absolute Gasteiger partial charge is 0.251 e. The number of aryl methyl sites for hydroxylation is 1. The Balaban J connectivity index is 1.77. The number of carbonyl (C=O) groups excluding carboxylic acids is 1. The van der Waals surface area contributed by atoms with Gasteiger partial charge in [0.2, 0.25) is 10.0 Å². The zero-order valence-corrected chi connectivity index (χ0v) is 14.3. The van der Waals surface area contributed by atoms with E-state index in [-0.39, 0.29) is 22.9 Å². The van der Waals surface area contributed by atoms with Crippen molar-refractivity contribution in [1.82, 2.24) is 10.0 Å². The summed E-state index contributed by atoms with van der Waals surface area (Å²) in [5.74, 6) is -0.169. The first-order valence-corrected chi connectivity index (χ1v) is 9.88. The van der Waals surface area contributed by atoms with Gasteiger partial charge in [-0.05, 0) is 50.3 Å². The highest BCUT2D eigenvalue weighted by Crippen LogP contribution is 2.24. The SMILES string of the molecule is Cc1ccc(S(=O)(=O)NC2CC2)cc1C(=O)NC1CCCCC1. The maximum absolute atomic E-state index is 12.5. The topological polar surface area (TPSA) is 75.3 Å². The van der Waals surface area contributed by atoms with Crippen LogP contribution in [0.3, 0.4) is 0 Å². The van der Waals surface area contributed by atoms with E-state index in [1.807, 2.05) is 6.92 Å². The third-order valence-corrected chi connectivity index (χ3v) is 6.12. The number of hydrogen-bond donors (Lipinski definition) is 2. The fraction of sp³-hybridized carbons (Fsp3) is 0.588. The van der Waals surface area contributed by atoms with Crippen molar-refractivity contribution in [2.45, 2.75) is 68.8 Å². The molecule has 0 radical (unpaired) electrons. The van der Waals surface area contributed by atoms with E-state index in [4.69, 9.17) is 0 Å². The summed E-state index contributed by atoms with van der Waals surface area (Å²) in [4.78, 5) is 12.7. The van der Waals surface area contributed by atoms with Crippen LogP contribution >= 0.6 is 0 Å². The molecule has 2 aliphatic carbocycles. The van der Waals surface area contributed by atoms with Gasteiger partial charge >= 0.3 is 0 Å². The van der Waals surface area contributed by atoms with Crippen LogP contribution in [0.15, 0.2) is 23.1 Å². The lowest BCUT2D eigenvalue weighted by molar-refractivity contribution is 0.0927. The van der Waals surface area contributed by atoms with Crippen molar-refractivity contribution in [3.8, 4) is 0 Å². The van der Waals surface area contributed by atoms with Crippen LogP contribution in [0.25, 0.3) is 0 Å². The standard InChI is InChI=1S/C17H24N2O3S/c1-12-7-10-15(23(21,22)19-14-8-9-14)11-16(12)17(20)18-13-5-3-2-4-6-13/h7,10-11,13-14,19H,2-6,8-9H2,1H3,(H,18,20). The number of carbonyl (C=O) groups is 1. The van der Waals surface area contributed by atoms with Gasteiger partial charge in [-0.25, -0.2) is 13.1 Å². The van der Waals surface area contributed by atoms with Crippen molar-refractivity contribution in [2.24, 2.45) is 0 Å². The van der Waals surface area contributed by atoms with Crippen molar-refractivity contribution < 1.29 is 13.2 Å². The van der Waals surface area contributed by atoms with E-state index in [0.29, 0.717) is 5.56 Å². The lowest BCUT2D eigenvalue weighted by atomic mass is 9.95. The van der Waals surface area contributed by atoms with Crippen molar-refractivity contribution in [2.75, 3.05) is 0 Å². The van der Waals surface area contributed by atoms with E-state index in [2.05, 4.69) is 10.0 Å². The van der Waals surface area contributed by atoms with Crippen molar-refractivity contribution in [1.29, 1.82) is 0 Å². The Labute approximate surface area is 137 Å². The molecule has 2 N–H and O–H groups in total. The lowest BCUT2D eigenvalue weighted by Crippen LogP contribution is -2.36. The molecule has 126 valence electrons. The number of benzene rings is 1. The highest BCUT2D eigenvalue weighted by molar-refractivity contribution is 7.89. The molecule has 6 heteroatoms. The Morgan fingerprint density at radius 3 is 2.39 bits per heavy atom. The maximum Gasteiger partial charge on any atom is 0.251 e. The molecule has 0 aliphatic heterocycles. The Morgan fingerprint density at radius 2 is 1.74 bits per heavy atom. The first-order valence-electron chi connectivity index (χ1n) is 8.39. The van der Waals surface area contributed by atoms with Gasteiger partial charge in [0.25, 0.3) is 5.91 Å². The van der Waals surface area contributed by atoms with E-state index >= 15 is 0 Å². The van der Waals surface area contributed by atoms with E-state index < -0.39 is 10.0 Å². The summed E-state index contributed by atoms with van der Waals surface area (Å²) < 4.78 is 27.3. The first-order chi connectivity index (χ1) is 11.0. The molecule has 5 nitrogen and oxygen atoms in total.